The zero-order valence-electron chi connectivity index (χ0n) is 9.03. The molecular weight excluding hydrogens is 180 g/mol. The third kappa shape index (κ3) is 1.64. The monoisotopic (exact) mass is 196 g/mol. The van der Waals surface area contributed by atoms with Gasteiger partial charge >= 0.3 is 5.97 Å². The molecule has 0 aliphatic rings. The summed E-state index contributed by atoms with van der Waals surface area (Å²) < 4.78 is 1.84. The van der Waals surface area contributed by atoms with Crippen molar-refractivity contribution in [2.75, 3.05) is 0 Å². The number of hydrogen-bond acceptors (Lipinski definition) is 2. The molecule has 0 saturated carbocycles. The Morgan fingerprint density at radius 2 is 2.14 bits per heavy atom. The first-order chi connectivity index (χ1) is 6.49. The highest BCUT2D eigenvalue weighted by atomic mass is 16.4. The Bertz CT molecular complexity index is 355. The Hall–Kier alpha value is -1.32. The Morgan fingerprint density at radius 3 is 2.50 bits per heavy atom. The minimum Gasteiger partial charge on any atom is -0.481 e. The van der Waals surface area contributed by atoms with Crippen molar-refractivity contribution >= 4 is 5.97 Å². The standard InChI is InChI=1S/C10H16N2O2/c1-5-12-8(4)9(7(3)11-12)6(2)10(13)14/h6H,5H2,1-4H3,(H,13,14). The Morgan fingerprint density at radius 1 is 1.57 bits per heavy atom. The Kier molecular flexibility index (Phi) is 2.93. The van der Waals surface area contributed by atoms with Crippen LogP contribution in [-0.2, 0) is 11.3 Å². The van der Waals surface area contributed by atoms with Crippen LogP contribution in [0.15, 0.2) is 0 Å². The summed E-state index contributed by atoms with van der Waals surface area (Å²) in [5, 5.41) is 13.2. The molecule has 0 aliphatic carbocycles. The van der Waals surface area contributed by atoms with Gasteiger partial charge in [0.15, 0.2) is 0 Å². The van der Waals surface area contributed by atoms with E-state index in [0.717, 1.165) is 23.5 Å². The molecule has 0 aromatic carbocycles. The van der Waals surface area contributed by atoms with Crippen molar-refractivity contribution in [1.82, 2.24) is 9.78 Å². The van der Waals surface area contributed by atoms with Crippen molar-refractivity contribution < 1.29 is 9.90 Å². The van der Waals surface area contributed by atoms with E-state index in [4.69, 9.17) is 5.11 Å². The molecule has 1 N–H and O–H groups in total. The summed E-state index contributed by atoms with van der Waals surface area (Å²) in [7, 11) is 0. The number of rotatable bonds is 3. The van der Waals surface area contributed by atoms with Crippen molar-refractivity contribution in [1.29, 1.82) is 0 Å². The molecule has 1 rings (SSSR count). The highest BCUT2D eigenvalue weighted by Crippen LogP contribution is 2.23. The minimum atomic E-state index is -0.799. The molecule has 0 aliphatic heterocycles. The molecule has 4 nitrogen and oxygen atoms in total. The van der Waals surface area contributed by atoms with Crippen LogP contribution in [0, 0.1) is 13.8 Å². The van der Waals surface area contributed by atoms with Crippen LogP contribution in [0.2, 0.25) is 0 Å². The van der Waals surface area contributed by atoms with Gasteiger partial charge in [0, 0.05) is 17.8 Å². The second kappa shape index (κ2) is 3.82. The van der Waals surface area contributed by atoms with Gasteiger partial charge in [0.05, 0.1) is 11.6 Å². The molecule has 4 heteroatoms. The zero-order chi connectivity index (χ0) is 10.9. The van der Waals surface area contributed by atoms with E-state index in [1.807, 2.05) is 25.5 Å². The average molecular weight is 196 g/mol. The number of nitrogens with zero attached hydrogens (tertiary/aromatic N) is 2. The molecule has 0 bridgehead atoms. The first-order valence-electron chi connectivity index (χ1n) is 4.75. The summed E-state index contributed by atoms with van der Waals surface area (Å²) >= 11 is 0. The predicted octanol–water partition coefficient (Wildman–Crippen LogP) is 1.71. The molecule has 1 heterocycles. The maximum Gasteiger partial charge on any atom is 0.310 e. The first kappa shape index (κ1) is 10.8. The van der Waals surface area contributed by atoms with Crippen LogP contribution in [0.5, 0.6) is 0 Å². The topological polar surface area (TPSA) is 55.1 Å². The lowest BCUT2D eigenvalue weighted by atomic mass is 9.99. The van der Waals surface area contributed by atoms with Crippen LogP contribution >= 0.6 is 0 Å². The van der Waals surface area contributed by atoms with Crippen molar-refractivity contribution in [3.8, 4) is 0 Å². The molecule has 0 radical (unpaired) electrons. The van der Waals surface area contributed by atoms with Crippen LogP contribution in [-0.4, -0.2) is 20.9 Å². The molecule has 0 fully saturated rings. The highest BCUT2D eigenvalue weighted by Gasteiger charge is 2.21. The summed E-state index contributed by atoms with van der Waals surface area (Å²) in [6, 6.07) is 0. The number of aliphatic carboxylic acids is 1. The number of carboxylic acid groups (broad SMARTS) is 1. The van der Waals surface area contributed by atoms with Gasteiger partial charge in [0.25, 0.3) is 0 Å². The number of aryl methyl sites for hydroxylation is 2. The number of hydrogen-bond donors (Lipinski definition) is 1. The van der Waals surface area contributed by atoms with E-state index in [0.29, 0.717) is 0 Å². The lowest BCUT2D eigenvalue weighted by molar-refractivity contribution is -0.138. The highest BCUT2D eigenvalue weighted by molar-refractivity contribution is 5.76. The van der Waals surface area contributed by atoms with Crippen LogP contribution in [0.4, 0.5) is 0 Å². The Balaban J connectivity index is 3.20. The molecule has 14 heavy (non-hydrogen) atoms. The fourth-order valence-corrected chi connectivity index (χ4v) is 1.77. The van der Waals surface area contributed by atoms with Gasteiger partial charge in [-0.3, -0.25) is 9.48 Å². The van der Waals surface area contributed by atoms with Crippen LogP contribution < -0.4 is 0 Å². The summed E-state index contributed by atoms with van der Waals surface area (Å²) in [6.07, 6.45) is 0. The molecule has 0 spiro atoms. The molecule has 0 amide bonds. The van der Waals surface area contributed by atoms with E-state index in [-0.39, 0.29) is 0 Å². The molecule has 78 valence electrons. The second-order valence-electron chi connectivity index (χ2n) is 3.46. The number of aromatic nitrogens is 2. The summed E-state index contributed by atoms with van der Waals surface area (Å²) in [4.78, 5) is 10.9. The summed E-state index contributed by atoms with van der Waals surface area (Å²) in [6.45, 7) is 8.24. The number of carboxylic acids is 1. The lowest BCUT2D eigenvalue weighted by Gasteiger charge is -2.06. The zero-order valence-corrected chi connectivity index (χ0v) is 9.03. The molecule has 1 atom stereocenters. The fourth-order valence-electron chi connectivity index (χ4n) is 1.77. The summed E-state index contributed by atoms with van der Waals surface area (Å²) in [5.74, 6) is -1.28. The molecule has 1 aromatic heterocycles. The van der Waals surface area contributed by atoms with E-state index in [9.17, 15) is 4.79 Å². The van der Waals surface area contributed by atoms with E-state index < -0.39 is 11.9 Å². The second-order valence-corrected chi connectivity index (χ2v) is 3.46. The van der Waals surface area contributed by atoms with E-state index in [2.05, 4.69) is 5.10 Å². The quantitative estimate of drug-likeness (QED) is 0.800. The predicted molar refractivity (Wildman–Crippen MR) is 53.4 cm³/mol. The fraction of sp³-hybridized carbons (Fsp3) is 0.600. The van der Waals surface area contributed by atoms with Gasteiger partial charge in [0.2, 0.25) is 0 Å². The average Bonchev–Trinajstić information content (AvgIpc) is 2.40. The smallest absolute Gasteiger partial charge is 0.310 e. The maximum atomic E-state index is 10.9. The van der Waals surface area contributed by atoms with Crippen molar-refractivity contribution in [2.24, 2.45) is 0 Å². The Labute approximate surface area is 83.5 Å². The molecule has 1 aromatic rings. The van der Waals surface area contributed by atoms with Gasteiger partial charge in [-0.25, -0.2) is 0 Å². The summed E-state index contributed by atoms with van der Waals surface area (Å²) in [5.41, 5.74) is 2.62. The third-order valence-electron chi connectivity index (χ3n) is 2.54. The van der Waals surface area contributed by atoms with Crippen molar-refractivity contribution in [3.05, 3.63) is 17.0 Å². The van der Waals surface area contributed by atoms with Gasteiger partial charge in [-0.15, -0.1) is 0 Å². The van der Waals surface area contributed by atoms with Crippen molar-refractivity contribution in [3.63, 3.8) is 0 Å². The van der Waals surface area contributed by atoms with Gasteiger partial charge in [0.1, 0.15) is 0 Å². The third-order valence-corrected chi connectivity index (χ3v) is 2.54. The molecule has 0 saturated heterocycles. The van der Waals surface area contributed by atoms with Crippen LogP contribution in [0.3, 0.4) is 0 Å². The van der Waals surface area contributed by atoms with Gasteiger partial charge in [-0.1, -0.05) is 0 Å². The van der Waals surface area contributed by atoms with Gasteiger partial charge < -0.3 is 5.11 Å². The van der Waals surface area contributed by atoms with E-state index in [1.165, 1.54) is 0 Å². The normalized spacial score (nSPS) is 12.9. The molecule has 1 unspecified atom stereocenters. The molecular formula is C10H16N2O2. The van der Waals surface area contributed by atoms with E-state index in [1.54, 1.807) is 6.92 Å². The van der Waals surface area contributed by atoms with Crippen LogP contribution in [0.25, 0.3) is 0 Å². The SMILES string of the molecule is CCn1nc(C)c(C(C)C(=O)O)c1C. The van der Waals surface area contributed by atoms with E-state index >= 15 is 0 Å². The number of carbonyl (C=O) groups is 1. The minimum absolute atomic E-state index is 0.477. The van der Waals surface area contributed by atoms with Crippen molar-refractivity contribution in [2.45, 2.75) is 40.2 Å². The van der Waals surface area contributed by atoms with Crippen LogP contribution in [0.1, 0.15) is 36.7 Å². The largest absolute Gasteiger partial charge is 0.481 e. The lowest BCUT2D eigenvalue weighted by Crippen LogP contribution is -2.09. The first-order valence-corrected chi connectivity index (χ1v) is 4.75. The maximum absolute atomic E-state index is 10.9. The van der Waals surface area contributed by atoms with Gasteiger partial charge in [-0.2, -0.15) is 5.10 Å². The van der Waals surface area contributed by atoms with Gasteiger partial charge in [-0.05, 0) is 27.7 Å².